The Hall–Kier alpha value is -1.68. The first-order valence-corrected chi connectivity index (χ1v) is 8.71. The van der Waals surface area contributed by atoms with Crippen LogP contribution in [0.15, 0.2) is 6.07 Å². The van der Waals surface area contributed by atoms with Gasteiger partial charge in [-0.2, -0.15) is 5.26 Å². The lowest BCUT2D eigenvalue weighted by atomic mass is 10.2. The van der Waals surface area contributed by atoms with E-state index in [4.69, 9.17) is 5.26 Å². The average molecular weight is 294 g/mol. The lowest BCUT2D eigenvalue weighted by molar-refractivity contribution is 0.590. The van der Waals surface area contributed by atoms with Gasteiger partial charge in [0.2, 0.25) is 0 Å². The minimum atomic E-state index is -3.03. The van der Waals surface area contributed by atoms with Crippen molar-refractivity contribution >= 4 is 15.7 Å². The molecule has 2 rings (SSSR count). The standard InChI is InChI=1S/C13H18N4O2S/c1-3-12-15-10(8-14)7-13(16-12)17-6-4-5-11(17)9-20(2,18)19/h7,11H,3-6,9H2,1-2H3/t11-/m1/s1. The van der Waals surface area contributed by atoms with Crippen molar-refractivity contribution in [3.8, 4) is 6.07 Å². The molecular weight excluding hydrogens is 276 g/mol. The van der Waals surface area contributed by atoms with E-state index < -0.39 is 9.84 Å². The lowest BCUT2D eigenvalue weighted by Crippen LogP contribution is -2.35. The van der Waals surface area contributed by atoms with Crippen LogP contribution in [-0.4, -0.2) is 43.0 Å². The van der Waals surface area contributed by atoms with E-state index in [1.807, 2.05) is 17.9 Å². The molecule has 1 aliphatic heterocycles. The number of sulfone groups is 1. The molecule has 0 saturated carbocycles. The number of rotatable bonds is 4. The van der Waals surface area contributed by atoms with Gasteiger partial charge in [-0.25, -0.2) is 18.4 Å². The molecular formula is C13H18N4O2S. The fourth-order valence-electron chi connectivity index (χ4n) is 2.51. The largest absolute Gasteiger partial charge is 0.352 e. The summed E-state index contributed by atoms with van der Waals surface area (Å²) >= 11 is 0. The summed E-state index contributed by atoms with van der Waals surface area (Å²) in [6.45, 7) is 2.70. The van der Waals surface area contributed by atoms with Crippen molar-refractivity contribution in [1.29, 1.82) is 5.26 Å². The molecule has 0 bridgehead atoms. The zero-order chi connectivity index (χ0) is 14.8. The van der Waals surface area contributed by atoms with Gasteiger partial charge in [-0.05, 0) is 12.8 Å². The first kappa shape index (κ1) is 14.7. The maximum absolute atomic E-state index is 11.5. The smallest absolute Gasteiger partial charge is 0.149 e. The highest BCUT2D eigenvalue weighted by Crippen LogP contribution is 2.25. The number of hydrogen-bond acceptors (Lipinski definition) is 6. The fraction of sp³-hybridized carbons (Fsp3) is 0.615. The van der Waals surface area contributed by atoms with E-state index in [-0.39, 0.29) is 11.8 Å². The van der Waals surface area contributed by atoms with Gasteiger partial charge in [0.1, 0.15) is 33.2 Å². The van der Waals surface area contributed by atoms with Crippen LogP contribution in [0.5, 0.6) is 0 Å². The third kappa shape index (κ3) is 3.45. The molecule has 2 heterocycles. The minimum Gasteiger partial charge on any atom is -0.352 e. The SMILES string of the molecule is CCc1nc(C#N)cc(N2CCC[C@@H]2CS(C)(=O)=O)n1. The van der Waals surface area contributed by atoms with Crippen LogP contribution in [0.25, 0.3) is 0 Å². The highest BCUT2D eigenvalue weighted by Gasteiger charge is 2.29. The van der Waals surface area contributed by atoms with Crippen molar-refractivity contribution in [2.24, 2.45) is 0 Å². The topological polar surface area (TPSA) is 87.0 Å². The number of nitrogens with zero attached hydrogens (tertiary/aromatic N) is 4. The molecule has 1 atom stereocenters. The van der Waals surface area contributed by atoms with Gasteiger partial charge in [0.25, 0.3) is 0 Å². The summed E-state index contributed by atoms with van der Waals surface area (Å²) in [4.78, 5) is 10.5. The lowest BCUT2D eigenvalue weighted by Gasteiger charge is -2.25. The monoisotopic (exact) mass is 294 g/mol. The van der Waals surface area contributed by atoms with Crippen LogP contribution in [0.4, 0.5) is 5.82 Å². The first-order valence-electron chi connectivity index (χ1n) is 6.65. The quantitative estimate of drug-likeness (QED) is 0.821. The van der Waals surface area contributed by atoms with Crippen molar-refractivity contribution in [2.45, 2.75) is 32.2 Å². The minimum absolute atomic E-state index is 0.0591. The van der Waals surface area contributed by atoms with Crippen molar-refractivity contribution in [3.63, 3.8) is 0 Å². The first-order chi connectivity index (χ1) is 9.43. The molecule has 0 N–H and O–H groups in total. The number of aryl methyl sites for hydroxylation is 1. The molecule has 20 heavy (non-hydrogen) atoms. The van der Waals surface area contributed by atoms with Crippen molar-refractivity contribution in [3.05, 3.63) is 17.6 Å². The fourth-order valence-corrected chi connectivity index (χ4v) is 3.55. The van der Waals surface area contributed by atoms with Gasteiger partial charge in [-0.3, -0.25) is 0 Å². The molecule has 1 fully saturated rings. The highest BCUT2D eigenvalue weighted by atomic mass is 32.2. The van der Waals surface area contributed by atoms with Crippen LogP contribution < -0.4 is 4.90 Å². The number of aromatic nitrogens is 2. The van der Waals surface area contributed by atoms with Crippen LogP contribution >= 0.6 is 0 Å². The molecule has 0 aliphatic carbocycles. The van der Waals surface area contributed by atoms with E-state index in [0.29, 0.717) is 23.8 Å². The van der Waals surface area contributed by atoms with Gasteiger partial charge in [0.15, 0.2) is 0 Å². The Bertz CT molecular complexity index is 636. The second kappa shape index (κ2) is 5.75. The molecule has 1 aromatic heterocycles. The number of anilines is 1. The third-order valence-corrected chi connectivity index (χ3v) is 4.35. The molecule has 1 saturated heterocycles. The average Bonchev–Trinajstić information content (AvgIpc) is 2.83. The summed E-state index contributed by atoms with van der Waals surface area (Å²) in [6.07, 6.45) is 3.67. The zero-order valence-corrected chi connectivity index (χ0v) is 12.5. The van der Waals surface area contributed by atoms with E-state index >= 15 is 0 Å². The number of hydrogen-bond donors (Lipinski definition) is 0. The van der Waals surface area contributed by atoms with E-state index in [1.165, 1.54) is 6.26 Å². The molecule has 1 aromatic rings. The van der Waals surface area contributed by atoms with Crippen molar-refractivity contribution in [1.82, 2.24) is 9.97 Å². The maximum atomic E-state index is 11.5. The van der Waals surface area contributed by atoms with E-state index in [0.717, 1.165) is 19.4 Å². The summed E-state index contributed by atoms with van der Waals surface area (Å²) in [5.74, 6) is 1.41. The Morgan fingerprint density at radius 1 is 1.50 bits per heavy atom. The van der Waals surface area contributed by atoms with Gasteiger partial charge < -0.3 is 4.90 Å². The highest BCUT2D eigenvalue weighted by molar-refractivity contribution is 7.90. The van der Waals surface area contributed by atoms with Gasteiger partial charge in [0.05, 0.1) is 5.75 Å². The molecule has 0 aromatic carbocycles. The molecule has 1 aliphatic rings. The normalized spacial score (nSPS) is 19.1. The van der Waals surface area contributed by atoms with E-state index in [1.54, 1.807) is 6.07 Å². The summed E-state index contributed by atoms with van der Waals surface area (Å²) in [7, 11) is -3.03. The molecule has 0 radical (unpaired) electrons. The summed E-state index contributed by atoms with van der Waals surface area (Å²) in [5, 5.41) is 9.02. The zero-order valence-electron chi connectivity index (χ0n) is 11.7. The second-order valence-electron chi connectivity index (χ2n) is 5.07. The molecule has 6 nitrogen and oxygen atoms in total. The molecule has 0 unspecified atom stereocenters. The molecule has 108 valence electrons. The molecule has 0 amide bonds. The summed E-state index contributed by atoms with van der Waals surface area (Å²) in [5.41, 5.74) is 0.330. The van der Waals surface area contributed by atoms with Crippen LogP contribution in [0.3, 0.4) is 0 Å². The Morgan fingerprint density at radius 3 is 2.85 bits per heavy atom. The predicted molar refractivity (Wildman–Crippen MR) is 76.2 cm³/mol. The van der Waals surface area contributed by atoms with Crippen LogP contribution in [0, 0.1) is 11.3 Å². The van der Waals surface area contributed by atoms with Crippen LogP contribution in [0.1, 0.15) is 31.3 Å². The molecule has 0 spiro atoms. The summed E-state index contributed by atoms with van der Waals surface area (Å²) in [6, 6.07) is 3.61. The summed E-state index contributed by atoms with van der Waals surface area (Å²) < 4.78 is 23.0. The maximum Gasteiger partial charge on any atom is 0.149 e. The van der Waals surface area contributed by atoms with E-state index in [2.05, 4.69) is 9.97 Å². The van der Waals surface area contributed by atoms with Crippen LogP contribution in [0.2, 0.25) is 0 Å². The van der Waals surface area contributed by atoms with Gasteiger partial charge in [0, 0.05) is 31.3 Å². The third-order valence-electron chi connectivity index (χ3n) is 3.36. The second-order valence-corrected chi connectivity index (χ2v) is 7.26. The Morgan fingerprint density at radius 2 is 2.25 bits per heavy atom. The van der Waals surface area contributed by atoms with Gasteiger partial charge in [-0.1, -0.05) is 6.92 Å². The number of nitriles is 1. The molecule has 7 heteroatoms. The Labute approximate surface area is 119 Å². The Kier molecular flexibility index (Phi) is 4.23. The van der Waals surface area contributed by atoms with Gasteiger partial charge in [-0.15, -0.1) is 0 Å². The Balaban J connectivity index is 2.32. The van der Waals surface area contributed by atoms with Crippen molar-refractivity contribution in [2.75, 3.05) is 23.5 Å². The predicted octanol–water partition coefficient (Wildman–Crippen LogP) is 0.924. The van der Waals surface area contributed by atoms with Crippen LogP contribution in [-0.2, 0) is 16.3 Å². The van der Waals surface area contributed by atoms with Gasteiger partial charge >= 0.3 is 0 Å². The van der Waals surface area contributed by atoms with E-state index in [9.17, 15) is 8.42 Å². The van der Waals surface area contributed by atoms with Crippen molar-refractivity contribution < 1.29 is 8.42 Å².